The van der Waals surface area contributed by atoms with Crippen molar-refractivity contribution in [1.29, 1.82) is 0 Å². The Balaban J connectivity index is 1.99. The largest absolute Gasteiger partial charge is 0.485 e. The van der Waals surface area contributed by atoms with Gasteiger partial charge in [-0.15, -0.1) is 0 Å². The molecule has 0 saturated heterocycles. The fourth-order valence-electron chi connectivity index (χ4n) is 2.52. The summed E-state index contributed by atoms with van der Waals surface area (Å²) < 4.78 is 5.98. The lowest BCUT2D eigenvalue weighted by molar-refractivity contribution is 0.0657. The topological polar surface area (TPSA) is 29.5 Å². The van der Waals surface area contributed by atoms with E-state index in [9.17, 15) is 5.11 Å². The van der Waals surface area contributed by atoms with Gasteiger partial charge in [0.15, 0.2) is 0 Å². The van der Waals surface area contributed by atoms with Gasteiger partial charge in [0.1, 0.15) is 11.9 Å². The summed E-state index contributed by atoms with van der Waals surface area (Å²) in [4.78, 5) is 0. The highest BCUT2D eigenvalue weighted by molar-refractivity contribution is 6.33. The molecule has 2 atom stereocenters. The van der Waals surface area contributed by atoms with E-state index in [1.54, 1.807) is 18.2 Å². The minimum Gasteiger partial charge on any atom is -0.485 e. The van der Waals surface area contributed by atoms with Crippen molar-refractivity contribution in [2.75, 3.05) is 0 Å². The van der Waals surface area contributed by atoms with Crippen LogP contribution in [0.1, 0.15) is 35.3 Å². The molecule has 0 fully saturated rings. The molecule has 4 heteroatoms. The van der Waals surface area contributed by atoms with Crippen molar-refractivity contribution in [1.82, 2.24) is 0 Å². The zero-order valence-electron chi connectivity index (χ0n) is 10.9. The van der Waals surface area contributed by atoms with Crippen LogP contribution in [0.4, 0.5) is 0 Å². The Bertz CT molecular complexity index is 655. The molecule has 1 aliphatic heterocycles. The molecule has 1 heterocycles. The van der Waals surface area contributed by atoms with Gasteiger partial charge in [-0.25, -0.2) is 0 Å². The zero-order valence-corrected chi connectivity index (χ0v) is 12.4. The number of halogens is 2. The first-order chi connectivity index (χ1) is 9.54. The van der Waals surface area contributed by atoms with Crippen LogP contribution in [-0.4, -0.2) is 5.11 Å². The van der Waals surface area contributed by atoms with Gasteiger partial charge in [-0.1, -0.05) is 34.8 Å². The molecule has 20 heavy (non-hydrogen) atoms. The van der Waals surface area contributed by atoms with Gasteiger partial charge < -0.3 is 9.84 Å². The standard InChI is InChI=1S/C16H14Cl2O2/c1-9-2-5-15-12(6-9)14(19)8-16(20-15)11-7-10(17)3-4-13(11)18/h2-7,14,16,19H,8H2,1H3/t14-,16?/m0/s1. The number of ether oxygens (including phenoxy) is 1. The second-order valence-corrected chi connectivity index (χ2v) is 5.91. The highest BCUT2D eigenvalue weighted by Gasteiger charge is 2.29. The van der Waals surface area contributed by atoms with Gasteiger partial charge in [0, 0.05) is 27.6 Å². The Morgan fingerprint density at radius 3 is 2.70 bits per heavy atom. The van der Waals surface area contributed by atoms with Crippen LogP contribution in [0.25, 0.3) is 0 Å². The quantitative estimate of drug-likeness (QED) is 0.815. The van der Waals surface area contributed by atoms with Crippen molar-refractivity contribution in [3.63, 3.8) is 0 Å². The molecule has 2 aromatic rings. The van der Waals surface area contributed by atoms with Crippen LogP contribution in [-0.2, 0) is 0 Å². The third kappa shape index (κ3) is 2.51. The molecule has 0 radical (unpaired) electrons. The summed E-state index contributed by atoms with van der Waals surface area (Å²) in [5.74, 6) is 0.704. The average Bonchev–Trinajstić information content (AvgIpc) is 2.42. The third-order valence-electron chi connectivity index (χ3n) is 3.54. The predicted octanol–water partition coefficient (Wildman–Crippen LogP) is 4.86. The molecule has 0 bridgehead atoms. The van der Waals surface area contributed by atoms with Crippen LogP contribution < -0.4 is 4.74 Å². The molecular weight excluding hydrogens is 295 g/mol. The molecule has 2 aromatic carbocycles. The van der Waals surface area contributed by atoms with E-state index in [1.807, 2.05) is 25.1 Å². The van der Waals surface area contributed by atoms with Crippen LogP contribution in [0.15, 0.2) is 36.4 Å². The van der Waals surface area contributed by atoms with Crippen LogP contribution in [0, 0.1) is 6.92 Å². The van der Waals surface area contributed by atoms with Crippen LogP contribution in [0.3, 0.4) is 0 Å². The lowest BCUT2D eigenvalue weighted by Gasteiger charge is -2.30. The summed E-state index contributed by atoms with van der Waals surface area (Å²) in [6, 6.07) is 11.1. The summed E-state index contributed by atoms with van der Waals surface area (Å²) in [5.41, 5.74) is 2.74. The van der Waals surface area contributed by atoms with Crippen LogP contribution in [0.5, 0.6) is 5.75 Å². The van der Waals surface area contributed by atoms with E-state index < -0.39 is 6.10 Å². The first-order valence-corrected chi connectivity index (χ1v) is 7.20. The van der Waals surface area contributed by atoms with Gasteiger partial charge in [-0.3, -0.25) is 0 Å². The van der Waals surface area contributed by atoms with Crippen molar-refractivity contribution >= 4 is 23.2 Å². The van der Waals surface area contributed by atoms with E-state index in [0.29, 0.717) is 22.2 Å². The summed E-state index contributed by atoms with van der Waals surface area (Å²) in [5, 5.41) is 11.5. The second-order valence-electron chi connectivity index (χ2n) is 5.07. The third-order valence-corrected chi connectivity index (χ3v) is 4.12. The number of rotatable bonds is 1. The molecule has 3 rings (SSSR count). The van der Waals surface area contributed by atoms with Crippen molar-refractivity contribution in [2.24, 2.45) is 0 Å². The zero-order chi connectivity index (χ0) is 14.3. The summed E-state index contributed by atoms with van der Waals surface area (Å²) in [6.45, 7) is 1.99. The molecule has 0 spiro atoms. The maximum Gasteiger partial charge on any atom is 0.128 e. The number of aryl methyl sites for hydroxylation is 1. The van der Waals surface area contributed by atoms with E-state index in [-0.39, 0.29) is 6.10 Å². The lowest BCUT2D eigenvalue weighted by atomic mass is 9.94. The Morgan fingerprint density at radius 1 is 1.10 bits per heavy atom. The highest BCUT2D eigenvalue weighted by atomic mass is 35.5. The molecule has 1 aliphatic rings. The highest BCUT2D eigenvalue weighted by Crippen LogP contribution is 2.43. The van der Waals surface area contributed by atoms with Crippen molar-refractivity contribution in [2.45, 2.75) is 25.6 Å². The van der Waals surface area contributed by atoms with E-state index in [2.05, 4.69) is 0 Å². The first kappa shape index (κ1) is 13.7. The number of benzene rings is 2. The van der Waals surface area contributed by atoms with E-state index in [4.69, 9.17) is 27.9 Å². The summed E-state index contributed by atoms with van der Waals surface area (Å²) in [7, 11) is 0. The maximum atomic E-state index is 10.3. The maximum absolute atomic E-state index is 10.3. The van der Waals surface area contributed by atoms with Gasteiger partial charge in [0.2, 0.25) is 0 Å². The number of hydrogen-bond donors (Lipinski definition) is 1. The predicted molar refractivity (Wildman–Crippen MR) is 80.6 cm³/mol. The average molecular weight is 309 g/mol. The number of hydrogen-bond acceptors (Lipinski definition) is 2. The van der Waals surface area contributed by atoms with Gasteiger partial charge in [-0.2, -0.15) is 0 Å². The molecule has 0 saturated carbocycles. The number of fused-ring (bicyclic) bond motifs is 1. The fourth-order valence-corrected chi connectivity index (χ4v) is 2.94. The van der Waals surface area contributed by atoms with Crippen molar-refractivity contribution < 1.29 is 9.84 Å². The molecule has 104 valence electrons. The molecule has 0 aromatic heterocycles. The Morgan fingerprint density at radius 2 is 1.90 bits per heavy atom. The molecule has 2 nitrogen and oxygen atoms in total. The van der Waals surface area contributed by atoms with Gasteiger partial charge in [-0.05, 0) is 37.3 Å². The Hall–Kier alpha value is -1.22. The van der Waals surface area contributed by atoms with Crippen LogP contribution >= 0.6 is 23.2 Å². The monoisotopic (exact) mass is 308 g/mol. The van der Waals surface area contributed by atoms with Gasteiger partial charge in [0.25, 0.3) is 0 Å². The van der Waals surface area contributed by atoms with E-state index >= 15 is 0 Å². The van der Waals surface area contributed by atoms with Gasteiger partial charge in [0.05, 0.1) is 6.10 Å². The molecule has 1 N–H and O–H groups in total. The number of aliphatic hydroxyl groups excluding tert-OH is 1. The van der Waals surface area contributed by atoms with Crippen molar-refractivity contribution in [3.05, 3.63) is 63.1 Å². The summed E-state index contributed by atoms with van der Waals surface area (Å²) >= 11 is 12.2. The molecule has 0 amide bonds. The van der Waals surface area contributed by atoms with Crippen molar-refractivity contribution in [3.8, 4) is 5.75 Å². The summed E-state index contributed by atoms with van der Waals surface area (Å²) in [6.07, 6.45) is -0.374. The smallest absolute Gasteiger partial charge is 0.128 e. The van der Waals surface area contributed by atoms with E-state index in [1.165, 1.54) is 0 Å². The minimum absolute atomic E-state index is 0.286. The van der Waals surface area contributed by atoms with Crippen LogP contribution in [0.2, 0.25) is 10.0 Å². The molecule has 0 aliphatic carbocycles. The second kappa shape index (κ2) is 5.28. The van der Waals surface area contributed by atoms with Gasteiger partial charge >= 0.3 is 0 Å². The molecule has 1 unspecified atom stereocenters. The van der Waals surface area contributed by atoms with E-state index in [0.717, 1.165) is 16.7 Å². The molecular formula is C16H14Cl2O2. The Kier molecular flexibility index (Phi) is 3.63. The Labute approximate surface area is 127 Å². The fraction of sp³-hybridized carbons (Fsp3) is 0.250. The minimum atomic E-state index is -0.557. The number of aliphatic hydroxyl groups is 1. The first-order valence-electron chi connectivity index (χ1n) is 6.45. The lowest BCUT2D eigenvalue weighted by Crippen LogP contribution is -2.19. The SMILES string of the molecule is Cc1ccc2c(c1)[C@@H](O)CC(c1cc(Cl)ccc1Cl)O2. The normalized spacial score (nSPS) is 21.2.